The van der Waals surface area contributed by atoms with Crippen molar-refractivity contribution in [2.24, 2.45) is 10.1 Å². The van der Waals surface area contributed by atoms with Crippen molar-refractivity contribution in [1.82, 2.24) is 10.4 Å². The third kappa shape index (κ3) is 3.11. The molecule has 1 atom stereocenters. The third-order valence-corrected chi connectivity index (χ3v) is 4.17. The molecule has 5 nitrogen and oxygen atoms in total. The Balaban J connectivity index is 1.79. The molecular weight excluding hydrogens is 284 g/mol. The number of H-pyrrole nitrogens is 1. The van der Waals surface area contributed by atoms with E-state index in [0.29, 0.717) is 6.61 Å². The van der Waals surface area contributed by atoms with E-state index in [-0.39, 0.29) is 6.04 Å². The predicted octanol–water partition coefficient (Wildman–Crippen LogP) is 2.60. The van der Waals surface area contributed by atoms with Gasteiger partial charge in [-0.05, 0) is 13.0 Å². The summed E-state index contributed by atoms with van der Waals surface area (Å²) >= 11 is 1.67. The lowest BCUT2D eigenvalue weighted by Gasteiger charge is -2.16. The molecule has 21 heavy (non-hydrogen) atoms. The molecular formula is C15H18N4OS. The summed E-state index contributed by atoms with van der Waals surface area (Å²) in [4.78, 5) is 7.81. The summed E-state index contributed by atoms with van der Waals surface area (Å²) in [5.41, 5.74) is 6.36. The Bertz CT molecular complexity index is 692. The molecule has 0 bridgehead atoms. The molecule has 0 saturated heterocycles. The van der Waals surface area contributed by atoms with E-state index in [2.05, 4.69) is 32.6 Å². The van der Waals surface area contributed by atoms with Gasteiger partial charge in [0.05, 0.1) is 18.4 Å². The van der Waals surface area contributed by atoms with Crippen LogP contribution in [-0.2, 0) is 4.74 Å². The molecule has 0 fully saturated rings. The molecule has 1 aromatic carbocycles. The smallest absolute Gasteiger partial charge is 0.177 e. The maximum absolute atomic E-state index is 5.09. The first kappa shape index (κ1) is 14.2. The molecule has 2 aromatic rings. The molecule has 2 N–H and O–H groups in total. The Morgan fingerprint density at radius 3 is 3.05 bits per heavy atom. The van der Waals surface area contributed by atoms with E-state index in [4.69, 9.17) is 4.74 Å². The minimum atomic E-state index is 0.134. The van der Waals surface area contributed by atoms with E-state index < -0.39 is 0 Å². The van der Waals surface area contributed by atoms with Gasteiger partial charge < -0.3 is 9.72 Å². The minimum absolute atomic E-state index is 0.134. The molecule has 2 heterocycles. The topological polar surface area (TPSA) is 61.8 Å². The molecule has 0 spiro atoms. The largest absolute Gasteiger partial charge is 0.382 e. The summed E-state index contributed by atoms with van der Waals surface area (Å²) in [6.45, 7) is 2.64. The van der Waals surface area contributed by atoms with Crippen molar-refractivity contribution in [3.8, 4) is 0 Å². The first-order valence-electron chi connectivity index (χ1n) is 6.86. The van der Waals surface area contributed by atoms with Crippen molar-refractivity contribution in [3.05, 3.63) is 36.0 Å². The number of amidine groups is 1. The Morgan fingerprint density at radius 1 is 1.43 bits per heavy atom. The van der Waals surface area contributed by atoms with Gasteiger partial charge in [0.25, 0.3) is 0 Å². The van der Waals surface area contributed by atoms with Crippen LogP contribution in [0.4, 0.5) is 0 Å². The van der Waals surface area contributed by atoms with Crippen LogP contribution < -0.4 is 5.43 Å². The highest BCUT2D eigenvalue weighted by Crippen LogP contribution is 2.22. The van der Waals surface area contributed by atoms with Gasteiger partial charge >= 0.3 is 0 Å². The number of ether oxygens (including phenoxy) is 1. The van der Waals surface area contributed by atoms with Gasteiger partial charge in [0.2, 0.25) is 0 Å². The molecule has 1 aliphatic rings. The van der Waals surface area contributed by atoms with E-state index in [1.165, 1.54) is 5.39 Å². The van der Waals surface area contributed by atoms with Crippen LogP contribution in [0.1, 0.15) is 12.5 Å². The quantitative estimate of drug-likeness (QED) is 0.912. The van der Waals surface area contributed by atoms with Crippen molar-refractivity contribution >= 4 is 33.5 Å². The predicted molar refractivity (Wildman–Crippen MR) is 89.2 cm³/mol. The van der Waals surface area contributed by atoms with Crippen LogP contribution in [0.3, 0.4) is 0 Å². The lowest BCUT2D eigenvalue weighted by Crippen LogP contribution is -2.27. The molecule has 3 rings (SSSR count). The minimum Gasteiger partial charge on any atom is -0.382 e. The van der Waals surface area contributed by atoms with Crippen molar-refractivity contribution in [2.45, 2.75) is 13.0 Å². The maximum atomic E-state index is 5.09. The van der Waals surface area contributed by atoms with Gasteiger partial charge in [0.1, 0.15) is 0 Å². The molecule has 0 radical (unpaired) electrons. The van der Waals surface area contributed by atoms with E-state index in [9.17, 15) is 0 Å². The second-order valence-electron chi connectivity index (χ2n) is 4.95. The zero-order valence-corrected chi connectivity index (χ0v) is 12.9. The molecule has 6 heteroatoms. The average Bonchev–Trinajstić information content (AvgIpc) is 2.92. The molecule has 0 saturated carbocycles. The second kappa shape index (κ2) is 6.32. The Hall–Kier alpha value is -1.79. The van der Waals surface area contributed by atoms with Crippen LogP contribution in [0.25, 0.3) is 10.9 Å². The van der Waals surface area contributed by atoms with Crippen LogP contribution in [0.2, 0.25) is 0 Å². The Labute approximate surface area is 127 Å². The molecule has 1 aliphatic heterocycles. The number of hydrogen-bond donors (Lipinski definition) is 2. The van der Waals surface area contributed by atoms with Gasteiger partial charge in [-0.1, -0.05) is 30.0 Å². The number of hydrazone groups is 1. The maximum Gasteiger partial charge on any atom is 0.177 e. The van der Waals surface area contributed by atoms with Gasteiger partial charge in [-0.25, -0.2) is 0 Å². The highest BCUT2D eigenvalue weighted by atomic mass is 32.2. The van der Waals surface area contributed by atoms with Crippen molar-refractivity contribution in [3.63, 3.8) is 0 Å². The van der Waals surface area contributed by atoms with Crippen LogP contribution in [0, 0.1) is 0 Å². The summed E-state index contributed by atoms with van der Waals surface area (Å²) in [6, 6.07) is 8.39. The van der Waals surface area contributed by atoms with Crippen LogP contribution in [0.5, 0.6) is 0 Å². The number of para-hydroxylation sites is 1. The number of rotatable bonds is 4. The van der Waals surface area contributed by atoms with E-state index >= 15 is 0 Å². The summed E-state index contributed by atoms with van der Waals surface area (Å²) in [6.07, 6.45) is 2.02. The van der Waals surface area contributed by atoms with Crippen LogP contribution in [0.15, 0.2) is 40.6 Å². The van der Waals surface area contributed by atoms with Gasteiger partial charge in [-0.2, -0.15) is 5.10 Å². The van der Waals surface area contributed by atoms with E-state index in [1.807, 2.05) is 25.3 Å². The Morgan fingerprint density at radius 2 is 2.29 bits per heavy atom. The number of thioether (sulfide) groups is 1. The first-order valence-corrected chi connectivity index (χ1v) is 7.85. The van der Waals surface area contributed by atoms with Gasteiger partial charge in [-0.3, -0.25) is 10.4 Å². The highest BCUT2D eigenvalue weighted by Gasteiger charge is 2.16. The van der Waals surface area contributed by atoms with Gasteiger partial charge in [0, 0.05) is 35.5 Å². The number of hydrogen-bond acceptors (Lipinski definition) is 4. The first-order chi connectivity index (χ1) is 10.3. The molecule has 0 amide bonds. The molecule has 0 aliphatic carbocycles. The average molecular weight is 302 g/mol. The number of methoxy groups -OCH3 is 1. The lowest BCUT2D eigenvalue weighted by atomic mass is 10.1. The van der Waals surface area contributed by atoms with Crippen LogP contribution in [-0.4, -0.2) is 41.4 Å². The number of fused-ring (bicyclic) bond motifs is 1. The van der Waals surface area contributed by atoms with E-state index in [1.54, 1.807) is 18.9 Å². The molecule has 0 unspecified atom stereocenters. The summed E-state index contributed by atoms with van der Waals surface area (Å²) in [7, 11) is 1.69. The number of aromatic amines is 1. The lowest BCUT2D eigenvalue weighted by molar-refractivity contribution is 0.186. The molecule has 1 aromatic heterocycles. The standard InChI is InChI=1S/C15H18N4OS/c1-10(8-20-2)17-15-19-18-14(9-21-15)12-7-16-13-6-4-3-5-11(12)13/h3-7,10,16H,8-9H2,1-2H3,(H,17,19)/t10-/m1/s1. The SMILES string of the molecule is COC[C@@H](C)N=C1NN=C(c2c[nH]c3ccccc23)CS1. The van der Waals surface area contributed by atoms with Gasteiger partial charge in [-0.15, -0.1) is 0 Å². The fourth-order valence-electron chi connectivity index (χ4n) is 2.31. The molecule has 110 valence electrons. The fourth-order valence-corrected chi connectivity index (χ4v) is 3.17. The fraction of sp³-hybridized carbons (Fsp3) is 0.333. The summed E-state index contributed by atoms with van der Waals surface area (Å²) in [5.74, 6) is 0.813. The number of benzene rings is 1. The van der Waals surface area contributed by atoms with Crippen LogP contribution >= 0.6 is 11.8 Å². The number of nitrogens with one attached hydrogen (secondary N) is 2. The number of aromatic nitrogens is 1. The highest BCUT2D eigenvalue weighted by molar-refractivity contribution is 8.14. The second-order valence-corrected chi connectivity index (χ2v) is 5.91. The van der Waals surface area contributed by atoms with Crippen molar-refractivity contribution < 1.29 is 4.74 Å². The monoisotopic (exact) mass is 302 g/mol. The summed E-state index contributed by atoms with van der Waals surface area (Å²) < 4.78 is 5.09. The Kier molecular flexibility index (Phi) is 4.26. The normalized spacial score (nSPS) is 18.6. The van der Waals surface area contributed by atoms with Gasteiger partial charge in [0.15, 0.2) is 5.17 Å². The number of aliphatic imine (C=N–C) groups is 1. The summed E-state index contributed by atoms with van der Waals surface area (Å²) in [5, 5.41) is 6.52. The zero-order valence-electron chi connectivity index (χ0n) is 12.1. The zero-order chi connectivity index (χ0) is 14.7. The van der Waals surface area contributed by atoms with Crippen molar-refractivity contribution in [2.75, 3.05) is 19.5 Å². The number of nitrogens with zero attached hydrogens (tertiary/aromatic N) is 2. The third-order valence-electron chi connectivity index (χ3n) is 3.28. The van der Waals surface area contributed by atoms with E-state index in [0.717, 1.165) is 27.7 Å². The van der Waals surface area contributed by atoms with Crippen molar-refractivity contribution in [1.29, 1.82) is 0 Å².